The molecule has 1 aromatic carbocycles. The molecule has 0 aliphatic carbocycles. The normalized spacial score (nSPS) is 48.7. The van der Waals surface area contributed by atoms with Crippen molar-refractivity contribution in [1.29, 1.82) is 0 Å². The van der Waals surface area contributed by atoms with Gasteiger partial charge in [-0.1, -0.05) is 23.2 Å². The van der Waals surface area contributed by atoms with E-state index < -0.39 is 230 Å². The Balaban J connectivity index is 0.678. The van der Waals surface area contributed by atoms with Crippen LogP contribution in [0.1, 0.15) is 95.6 Å². The number of hydroxylamine groups is 2. The minimum atomic E-state index is -1.82. The van der Waals surface area contributed by atoms with Crippen molar-refractivity contribution in [2.45, 2.75) is 301 Å². The van der Waals surface area contributed by atoms with E-state index in [1.807, 2.05) is 0 Å². The number of rotatable bonds is 21. The molecular formula is C65H99Cl2NO34. The van der Waals surface area contributed by atoms with Crippen LogP contribution in [0, 0.1) is 19.1 Å². The van der Waals surface area contributed by atoms with Crippen LogP contribution in [-0.4, -0.2) is 319 Å². The first kappa shape index (κ1) is 79.3. The average molecular weight is 1510 g/mol. The molecule has 35 nitrogen and oxygen atoms in total. The first-order valence-corrected chi connectivity index (χ1v) is 35.1. The summed E-state index contributed by atoms with van der Waals surface area (Å²) >= 11 is 12.8. The minimum Gasteiger partial charge on any atom is -0.600 e. The summed E-state index contributed by atoms with van der Waals surface area (Å²) in [6.07, 6.45) is -33.3. The number of hydrogen-bond donors (Lipinski definition) is 7. The van der Waals surface area contributed by atoms with Crippen molar-refractivity contribution in [2.24, 2.45) is 0 Å². The van der Waals surface area contributed by atoms with Gasteiger partial charge in [0.2, 0.25) is 0 Å². The number of ether oxygens (including phenoxy) is 26. The Morgan fingerprint density at radius 2 is 1.29 bits per heavy atom. The Hall–Kier alpha value is -2.21. The Morgan fingerprint density at radius 1 is 0.637 bits per heavy atom. The molecule has 11 saturated heterocycles. The lowest BCUT2D eigenvalue weighted by Gasteiger charge is -2.49. The molecule has 11 fully saturated rings. The van der Waals surface area contributed by atoms with Crippen LogP contribution < -0.4 is 5.23 Å². The van der Waals surface area contributed by atoms with Crippen molar-refractivity contribution >= 4 is 29.2 Å². The fraction of sp³-hybridized carbons (Fsp3) is 0.892. The monoisotopic (exact) mass is 1510 g/mol. The van der Waals surface area contributed by atoms with Crippen LogP contribution in [0.3, 0.4) is 0 Å². The van der Waals surface area contributed by atoms with E-state index in [9.17, 15) is 40.7 Å². The molecule has 11 aliphatic rings. The molecule has 0 saturated carbocycles. The van der Waals surface area contributed by atoms with Gasteiger partial charge in [-0.25, -0.2) is 15.2 Å². The molecule has 12 rings (SSSR count). The Labute approximate surface area is 599 Å². The number of phenolic OH excluding ortho intramolecular Hbond substituents is 1. The summed E-state index contributed by atoms with van der Waals surface area (Å²) in [5.41, 5.74) is -2.64. The minimum absolute atomic E-state index is 0.00454. The van der Waals surface area contributed by atoms with Crippen molar-refractivity contribution in [3.63, 3.8) is 0 Å². The zero-order valence-corrected chi connectivity index (χ0v) is 60.9. The zero-order valence-electron chi connectivity index (χ0n) is 59.4. The number of nitrogens with one attached hydrogen (secondary N) is 1. The van der Waals surface area contributed by atoms with Crippen LogP contribution in [-0.2, 0) is 123 Å². The number of fused-ring (bicyclic) bond motifs is 4. The summed E-state index contributed by atoms with van der Waals surface area (Å²) in [6, 6.07) is 0. The van der Waals surface area contributed by atoms with Gasteiger partial charge in [0.1, 0.15) is 104 Å². The van der Waals surface area contributed by atoms with Gasteiger partial charge in [-0.15, -0.1) is 0 Å². The summed E-state index contributed by atoms with van der Waals surface area (Å²) in [5, 5.41) is 80.6. The van der Waals surface area contributed by atoms with E-state index in [0.717, 1.165) is 0 Å². The second-order valence-corrected chi connectivity index (χ2v) is 29.0. The number of benzene rings is 1. The Bertz CT molecular complexity index is 2980. The first-order valence-electron chi connectivity index (χ1n) is 34.3. The molecule has 2 spiro atoms. The fourth-order valence-corrected chi connectivity index (χ4v) is 16.7. The number of aliphatic hydroxyl groups is 4. The van der Waals surface area contributed by atoms with Crippen molar-refractivity contribution in [1.82, 2.24) is 0 Å². The number of aromatic hydroxyl groups is 1. The maximum absolute atomic E-state index is 14.2. The largest absolute Gasteiger partial charge is 0.600 e. The van der Waals surface area contributed by atoms with Gasteiger partial charge in [-0.2, -0.15) is 0 Å². The number of hydrogen-bond acceptors (Lipinski definition) is 34. The molecule has 0 aromatic heterocycles. The number of phenols is 1. The third kappa shape index (κ3) is 14.7. The van der Waals surface area contributed by atoms with Crippen LogP contribution in [0.2, 0.25) is 10.0 Å². The number of methoxy groups -OCH3 is 6. The summed E-state index contributed by atoms with van der Waals surface area (Å²) < 4.78 is 162. The molecule has 102 heavy (non-hydrogen) atoms. The second kappa shape index (κ2) is 31.6. The summed E-state index contributed by atoms with van der Waals surface area (Å²) in [7, 11) is 8.49. The van der Waals surface area contributed by atoms with Gasteiger partial charge >= 0.3 is 11.9 Å². The summed E-state index contributed by atoms with van der Waals surface area (Å²) in [5.74, 6) is -4.89. The van der Waals surface area contributed by atoms with Gasteiger partial charge in [0.25, 0.3) is 5.97 Å². The summed E-state index contributed by atoms with van der Waals surface area (Å²) in [6.45, 7) is 14.0. The maximum atomic E-state index is 14.2. The van der Waals surface area contributed by atoms with E-state index in [1.54, 1.807) is 41.5 Å². The molecule has 37 heteroatoms. The number of carbonyl (C=O) groups is 1. The smallest absolute Gasteiger partial charge is 0.339 e. The van der Waals surface area contributed by atoms with Gasteiger partial charge in [-0.05, 0) is 73.4 Å². The quantitative estimate of drug-likeness (QED) is 0.0637. The van der Waals surface area contributed by atoms with Gasteiger partial charge < -0.3 is 154 Å². The second-order valence-electron chi connectivity index (χ2n) is 28.3. The molecular weight excluding hydrogens is 1410 g/mol. The molecule has 36 unspecified atom stereocenters. The van der Waals surface area contributed by atoms with Gasteiger partial charge in [0.05, 0.1) is 97.1 Å². The predicted molar refractivity (Wildman–Crippen MR) is 337 cm³/mol. The highest BCUT2D eigenvalue weighted by molar-refractivity contribution is 6.38. The number of aliphatic hydroxyl groups excluding tert-OH is 3. The van der Waals surface area contributed by atoms with Crippen LogP contribution in [0.15, 0.2) is 0 Å². The van der Waals surface area contributed by atoms with Crippen LogP contribution in [0.25, 0.3) is 0 Å². The van der Waals surface area contributed by atoms with E-state index in [0.29, 0.717) is 0 Å². The third-order valence-corrected chi connectivity index (χ3v) is 22.7. The third-order valence-electron chi connectivity index (χ3n) is 21.8. The lowest BCUT2D eigenvalue weighted by atomic mass is 9.85. The van der Waals surface area contributed by atoms with Gasteiger partial charge in [0.15, 0.2) is 61.2 Å². The molecule has 36 atom stereocenters. The number of halogens is 2. The Kier molecular flexibility index (Phi) is 24.6. The fourth-order valence-electron chi connectivity index (χ4n) is 16.3. The highest BCUT2D eigenvalue weighted by Crippen LogP contribution is 2.51. The van der Waals surface area contributed by atoms with Crippen molar-refractivity contribution in [3.8, 4) is 5.75 Å². The zero-order chi connectivity index (χ0) is 73.6. The van der Waals surface area contributed by atoms with Crippen molar-refractivity contribution < 1.29 is 164 Å². The van der Waals surface area contributed by atoms with E-state index >= 15 is 0 Å². The average Bonchev–Trinajstić information content (AvgIpc) is 1.54. The lowest BCUT2D eigenvalue weighted by Crippen LogP contribution is -3.16. The molecule has 0 amide bonds. The van der Waals surface area contributed by atoms with E-state index in [-0.39, 0.29) is 79.0 Å². The predicted octanol–water partition coefficient (Wildman–Crippen LogP) is 0.171. The van der Waals surface area contributed by atoms with Gasteiger partial charge in [-0.3, -0.25) is 0 Å². The number of esters is 1. The lowest BCUT2D eigenvalue weighted by molar-refractivity contribution is -1.09. The highest BCUT2D eigenvalue weighted by Gasteiger charge is 2.71. The molecule has 0 radical (unpaired) electrons. The molecule has 7 N–H and O–H groups in total. The first-order chi connectivity index (χ1) is 48.4. The van der Waals surface area contributed by atoms with Crippen LogP contribution in [0.5, 0.6) is 5.75 Å². The van der Waals surface area contributed by atoms with Gasteiger partial charge in [0, 0.05) is 55.5 Å². The maximum Gasteiger partial charge on any atom is 0.339 e. The van der Waals surface area contributed by atoms with E-state index in [4.69, 9.17) is 146 Å². The van der Waals surface area contributed by atoms with Crippen LogP contribution >= 0.6 is 23.2 Å². The van der Waals surface area contributed by atoms with E-state index in [2.05, 4.69) is 0 Å². The number of carbonyl (C=O) groups excluding carboxylic acids is 1. The molecule has 0 bridgehead atoms. The molecule has 11 aliphatic heterocycles. The van der Waals surface area contributed by atoms with Crippen LogP contribution in [0.4, 0.5) is 0 Å². The topological polar surface area (TPSA) is 406 Å². The molecule has 582 valence electrons. The van der Waals surface area contributed by atoms with Crippen molar-refractivity contribution in [2.75, 3.05) is 69.3 Å². The van der Waals surface area contributed by atoms with E-state index in [1.165, 1.54) is 63.4 Å². The highest BCUT2D eigenvalue weighted by atomic mass is 35.5. The Morgan fingerprint density at radius 3 is 1.95 bits per heavy atom. The SMILES string of the molecule is COCC1OC(OC2OCC3OC4(OCC(O)(C(C)OC)C5OCOC54)OC3C2OC)C(OC)C(O)C1OC1OC(C)C(OC)C(OC2CC3OC4(CC(O)C(OC5CC(OC6CC(C)([NH+]([O-])O)C(OC)C(C)O6)C(OC(=O)c6c(C)c(Cl)c(O)c(Cl)c6C)C(C)O5)C(C)O4)OC3C(C)O2)C1O. The molecule has 11 heterocycles. The number of quaternary nitrogens is 1. The summed E-state index contributed by atoms with van der Waals surface area (Å²) in [4.78, 5) is 14.2. The molecule has 1 aromatic rings. The standard InChI is InChI=1S/C65H99Cl2NO34/c1-24-40(25(2)42(67)43(70)41(24)66)58(73)95-47-26(3)87-37(16-33(47)91-39-19-62(9,68(75)76)55(82-15)30(7)89-39)93-46-29(6)98-64(18-32(46)69)99-34-17-38(88-27(4)48(34)101-64)94-52-45(72)59(90-28(5)49(52)79-12)96-50-35(20-77-10)92-61(53(80-13)44(50)71)97-60-54(81-14)51-36(21-83-60)100-65(102-51)57-56(84-23-85-57)63(74,22-86-65)31(8)78-11/h26-39,44-57,59-61,68-72,74-75H,16-23H2,1-15H3. The van der Waals surface area contributed by atoms with Crippen molar-refractivity contribution in [3.05, 3.63) is 31.9 Å².